The molecule has 1 heterocycles. The molecule has 0 bridgehead atoms. The molecule has 0 unspecified atom stereocenters. The monoisotopic (exact) mass is 295 g/mol. The van der Waals surface area contributed by atoms with Crippen molar-refractivity contribution in [2.45, 2.75) is 65.1 Å². The van der Waals surface area contributed by atoms with Gasteiger partial charge in [0, 0.05) is 6.54 Å². The molecule has 21 heavy (non-hydrogen) atoms. The number of nitrogens with one attached hydrogen (secondary N) is 1. The van der Waals surface area contributed by atoms with Crippen molar-refractivity contribution in [1.82, 2.24) is 10.2 Å². The Morgan fingerprint density at radius 3 is 2.48 bits per heavy atom. The van der Waals surface area contributed by atoms with Gasteiger partial charge in [-0.15, -0.1) is 0 Å². The van der Waals surface area contributed by atoms with E-state index in [1.54, 1.807) is 25.7 Å². The van der Waals surface area contributed by atoms with E-state index < -0.39 is 17.7 Å². The summed E-state index contributed by atoms with van der Waals surface area (Å²) in [5.74, 6) is -0.287. The van der Waals surface area contributed by atoms with Gasteiger partial charge in [0.05, 0.1) is 6.07 Å². The molecule has 0 spiro atoms. The van der Waals surface area contributed by atoms with E-state index in [2.05, 4.69) is 11.4 Å². The Morgan fingerprint density at radius 1 is 1.38 bits per heavy atom. The summed E-state index contributed by atoms with van der Waals surface area (Å²) in [5, 5.41) is 11.7. The fraction of sp³-hybridized carbons (Fsp3) is 0.800. The third-order valence-corrected chi connectivity index (χ3v) is 3.29. The molecule has 0 aliphatic carbocycles. The van der Waals surface area contributed by atoms with Crippen LogP contribution < -0.4 is 5.32 Å². The van der Waals surface area contributed by atoms with Crippen LogP contribution in [0.4, 0.5) is 4.79 Å². The molecule has 1 N–H and O–H groups in total. The zero-order valence-corrected chi connectivity index (χ0v) is 13.5. The largest absolute Gasteiger partial charge is 0.444 e. The van der Waals surface area contributed by atoms with Gasteiger partial charge in [-0.1, -0.05) is 13.8 Å². The van der Waals surface area contributed by atoms with Crippen LogP contribution in [0.2, 0.25) is 0 Å². The van der Waals surface area contributed by atoms with Crippen LogP contribution in [0.15, 0.2) is 0 Å². The van der Waals surface area contributed by atoms with Crippen LogP contribution in [-0.4, -0.2) is 41.1 Å². The van der Waals surface area contributed by atoms with Gasteiger partial charge >= 0.3 is 6.09 Å². The molecule has 0 radical (unpaired) electrons. The minimum absolute atomic E-state index is 0.0787. The lowest BCUT2D eigenvalue weighted by Crippen LogP contribution is -2.53. The molecular formula is C15H25N3O3. The number of amides is 2. The average Bonchev–Trinajstić information content (AvgIpc) is 2.80. The fourth-order valence-corrected chi connectivity index (χ4v) is 2.29. The summed E-state index contributed by atoms with van der Waals surface area (Å²) in [7, 11) is 0. The van der Waals surface area contributed by atoms with E-state index in [1.165, 1.54) is 0 Å². The highest BCUT2D eigenvalue weighted by molar-refractivity contribution is 5.86. The van der Waals surface area contributed by atoms with Gasteiger partial charge in [0.2, 0.25) is 5.91 Å². The maximum Gasteiger partial charge on any atom is 0.408 e. The number of rotatable bonds is 3. The van der Waals surface area contributed by atoms with Gasteiger partial charge in [0.15, 0.2) is 0 Å². The van der Waals surface area contributed by atoms with Crippen molar-refractivity contribution >= 4 is 12.0 Å². The van der Waals surface area contributed by atoms with E-state index in [0.29, 0.717) is 13.0 Å². The molecule has 1 fully saturated rings. The number of alkyl carbamates (subject to hydrolysis) is 1. The first kappa shape index (κ1) is 17.3. The van der Waals surface area contributed by atoms with E-state index in [1.807, 2.05) is 13.8 Å². The lowest BCUT2D eigenvalue weighted by molar-refractivity contribution is -0.134. The Bertz CT molecular complexity index is 434. The number of carbonyl (C=O) groups excluding carboxylic acids is 2. The van der Waals surface area contributed by atoms with Crippen molar-refractivity contribution in [2.75, 3.05) is 6.54 Å². The third kappa shape index (κ3) is 4.92. The lowest BCUT2D eigenvalue weighted by atomic mass is 10.0. The molecule has 2 amide bonds. The molecule has 0 aromatic rings. The number of ether oxygens (including phenoxy) is 1. The van der Waals surface area contributed by atoms with Gasteiger partial charge in [-0.05, 0) is 39.5 Å². The second-order valence-corrected chi connectivity index (χ2v) is 6.69. The van der Waals surface area contributed by atoms with E-state index in [4.69, 9.17) is 10.00 Å². The van der Waals surface area contributed by atoms with Gasteiger partial charge in [-0.3, -0.25) is 4.79 Å². The van der Waals surface area contributed by atoms with Gasteiger partial charge in [0.25, 0.3) is 0 Å². The number of likely N-dealkylation sites (tertiary alicyclic amines) is 1. The Morgan fingerprint density at radius 2 is 2.00 bits per heavy atom. The average molecular weight is 295 g/mol. The summed E-state index contributed by atoms with van der Waals surface area (Å²) >= 11 is 0. The standard InChI is InChI=1S/C15H25N3O3/c1-10(2)12(17-14(20)21-15(3,4)5)13(19)18-8-6-7-11(18)9-16/h10-12H,6-8H2,1-5H3,(H,17,20)/t11-,12-/m0/s1. The minimum Gasteiger partial charge on any atom is -0.444 e. The van der Waals surface area contributed by atoms with Crippen LogP contribution in [-0.2, 0) is 9.53 Å². The van der Waals surface area contributed by atoms with Crippen molar-refractivity contribution in [3.05, 3.63) is 0 Å². The Balaban J connectivity index is 2.76. The zero-order valence-electron chi connectivity index (χ0n) is 13.5. The molecule has 2 atom stereocenters. The number of carbonyl (C=O) groups is 2. The first-order chi connectivity index (χ1) is 9.65. The van der Waals surface area contributed by atoms with E-state index in [-0.39, 0.29) is 17.9 Å². The summed E-state index contributed by atoms with van der Waals surface area (Å²) in [6, 6.07) is 1.08. The predicted molar refractivity (Wildman–Crippen MR) is 78.3 cm³/mol. The molecule has 0 aromatic carbocycles. The minimum atomic E-state index is -0.672. The highest BCUT2D eigenvalue weighted by Gasteiger charge is 2.35. The van der Waals surface area contributed by atoms with Crippen molar-refractivity contribution in [3.63, 3.8) is 0 Å². The quantitative estimate of drug-likeness (QED) is 0.864. The molecule has 1 aliphatic rings. The molecule has 6 heteroatoms. The van der Waals surface area contributed by atoms with Crippen LogP contribution in [0, 0.1) is 17.2 Å². The number of nitriles is 1. The molecule has 1 rings (SSSR count). The smallest absolute Gasteiger partial charge is 0.408 e. The van der Waals surface area contributed by atoms with Gasteiger partial charge < -0.3 is 15.0 Å². The summed E-state index contributed by atoms with van der Waals surface area (Å²) < 4.78 is 5.20. The molecule has 1 saturated heterocycles. The van der Waals surface area contributed by atoms with Gasteiger partial charge in [-0.2, -0.15) is 5.26 Å². The lowest BCUT2D eigenvalue weighted by Gasteiger charge is -2.29. The maximum absolute atomic E-state index is 12.6. The van der Waals surface area contributed by atoms with E-state index in [0.717, 1.165) is 6.42 Å². The van der Waals surface area contributed by atoms with Crippen LogP contribution in [0.5, 0.6) is 0 Å². The fourth-order valence-electron chi connectivity index (χ4n) is 2.29. The third-order valence-electron chi connectivity index (χ3n) is 3.29. The molecule has 0 saturated carbocycles. The van der Waals surface area contributed by atoms with E-state index >= 15 is 0 Å². The van der Waals surface area contributed by atoms with Crippen molar-refractivity contribution in [1.29, 1.82) is 5.26 Å². The summed E-state index contributed by atoms with van der Waals surface area (Å²) in [4.78, 5) is 26.0. The SMILES string of the molecule is CC(C)[C@H](NC(=O)OC(C)(C)C)C(=O)N1CCC[C@H]1C#N. The van der Waals surface area contributed by atoms with Crippen molar-refractivity contribution < 1.29 is 14.3 Å². The predicted octanol–water partition coefficient (Wildman–Crippen LogP) is 2.05. The molecule has 118 valence electrons. The van der Waals surface area contributed by atoms with Crippen molar-refractivity contribution in [3.8, 4) is 6.07 Å². The Kier molecular flexibility index (Phi) is 5.59. The molecule has 0 aromatic heterocycles. The first-order valence-corrected chi connectivity index (χ1v) is 7.35. The van der Waals surface area contributed by atoms with Gasteiger partial charge in [-0.25, -0.2) is 4.79 Å². The van der Waals surface area contributed by atoms with Gasteiger partial charge in [0.1, 0.15) is 17.7 Å². The summed E-state index contributed by atoms with van der Waals surface area (Å²) in [6.45, 7) is 9.59. The molecule has 6 nitrogen and oxygen atoms in total. The molecule has 1 aliphatic heterocycles. The maximum atomic E-state index is 12.6. The second kappa shape index (κ2) is 6.79. The Labute approximate surface area is 126 Å². The first-order valence-electron chi connectivity index (χ1n) is 7.35. The highest BCUT2D eigenvalue weighted by Crippen LogP contribution is 2.19. The van der Waals surface area contributed by atoms with Crippen LogP contribution >= 0.6 is 0 Å². The number of hydrogen-bond donors (Lipinski definition) is 1. The van der Waals surface area contributed by atoms with Crippen LogP contribution in [0.3, 0.4) is 0 Å². The van der Waals surface area contributed by atoms with Crippen molar-refractivity contribution in [2.24, 2.45) is 5.92 Å². The normalized spacial score (nSPS) is 20.0. The number of nitrogens with zero attached hydrogens (tertiary/aromatic N) is 2. The summed E-state index contributed by atoms with van der Waals surface area (Å²) in [5.41, 5.74) is -0.614. The van der Waals surface area contributed by atoms with Crippen LogP contribution in [0.1, 0.15) is 47.5 Å². The summed E-state index contributed by atoms with van der Waals surface area (Å²) in [6.07, 6.45) is 0.906. The van der Waals surface area contributed by atoms with Crippen LogP contribution in [0.25, 0.3) is 0 Å². The highest BCUT2D eigenvalue weighted by atomic mass is 16.6. The number of hydrogen-bond acceptors (Lipinski definition) is 4. The Hall–Kier alpha value is -1.77. The zero-order chi connectivity index (χ0) is 16.2. The topological polar surface area (TPSA) is 82.4 Å². The molecular weight excluding hydrogens is 270 g/mol. The second-order valence-electron chi connectivity index (χ2n) is 6.69. The van der Waals surface area contributed by atoms with E-state index in [9.17, 15) is 9.59 Å².